The number of rotatable bonds is 5. The van der Waals surface area contributed by atoms with Crippen molar-refractivity contribution in [3.63, 3.8) is 0 Å². The molecule has 0 saturated carbocycles. The zero-order valence-electron chi connectivity index (χ0n) is 14.5. The van der Waals surface area contributed by atoms with Crippen molar-refractivity contribution in [3.05, 3.63) is 87.9 Å². The van der Waals surface area contributed by atoms with E-state index in [1.54, 1.807) is 12.1 Å². The summed E-state index contributed by atoms with van der Waals surface area (Å²) < 4.78 is 33.1. The van der Waals surface area contributed by atoms with Gasteiger partial charge in [-0.2, -0.15) is 0 Å². The maximum absolute atomic E-state index is 14.1. The molecule has 2 aromatic heterocycles. The van der Waals surface area contributed by atoms with Crippen LogP contribution in [0.1, 0.15) is 16.1 Å². The lowest BCUT2D eigenvalue weighted by Crippen LogP contribution is -2.30. The lowest BCUT2D eigenvalue weighted by atomic mass is 10.2. The monoisotopic (exact) mass is 415 g/mol. The van der Waals surface area contributed by atoms with Gasteiger partial charge in [-0.05, 0) is 30.3 Å². The van der Waals surface area contributed by atoms with E-state index in [0.29, 0.717) is 5.76 Å². The smallest absolute Gasteiger partial charge is 0.269 e. The predicted octanol–water partition coefficient (Wildman–Crippen LogP) is 4.92. The molecule has 0 aliphatic carbocycles. The van der Waals surface area contributed by atoms with Crippen LogP contribution < -0.4 is 4.90 Å². The molecule has 0 N–H and O–H groups in total. The number of carbonyl (C=O) groups is 1. The Hall–Kier alpha value is -3.66. The summed E-state index contributed by atoms with van der Waals surface area (Å²) >= 11 is 0.951. The molecule has 10 heteroatoms. The Morgan fingerprint density at radius 2 is 1.97 bits per heavy atom. The van der Waals surface area contributed by atoms with Gasteiger partial charge in [0, 0.05) is 23.8 Å². The van der Waals surface area contributed by atoms with E-state index in [1.807, 2.05) is 0 Å². The van der Waals surface area contributed by atoms with Crippen LogP contribution in [0, 0.1) is 21.7 Å². The number of anilines is 1. The van der Waals surface area contributed by atoms with E-state index in [4.69, 9.17) is 4.42 Å². The minimum Gasteiger partial charge on any atom is -0.467 e. The summed E-state index contributed by atoms with van der Waals surface area (Å²) in [6.07, 6.45) is 1.44. The molecule has 7 nitrogen and oxygen atoms in total. The largest absolute Gasteiger partial charge is 0.467 e. The van der Waals surface area contributed by atoms with Crippen LogP contribution in [0.15, 0.2) is 59.2 Å². The topological polar surface area (TPSA) is 89.5 Å². The molecule has 0 fully saturated rings. The number of aromatic nitrogens is 1. The molecule has 1 amide bonds. The number of benzene rings is 2. The number of hydrogen-bond acceptors (Lipinski definition) is 6. The number of amides is 1. The Balaban J connectivity index is 1.76. The van der Waals surface area contributed by atoms with Gasteiger partial charge in [0.05, 0.1) is 22.4 Å². The van der Waals surface area contributed by atoms with Crippen LogP contribution in [0.25, 0.3) is 10.2 Å². The summed E-state index contributed by atoms with van der Waals surface area (Å²) in [5.41, 5.74) is -0.0305. The minimum atomic E-state index is -0.830. The van der Waals surface area contributed by atoms with Gasteiger partial charge in [-0.1, -0.05) is 11.3 Å². The molecule has 0 aliphatic heterocycles. The highest BCUT2D eigenvalue weighted by molar-refractivity contribution is 7.22. The molecular weight excluding hydrogens is 404 g/mol. The van der Waals surface area contributed by atoms with Crippen molar-refractivity contribution < 1.29 is 22.9 Å². The Morgan fingerprint density at radius 1 is 1.21 bits per heavy atom. The summed E-state index contributed by atoms with van der Waals surface area (Å²) in [6, 6.07) is 10.2. The van der Waals surface area contributed by atoms with Crippen molar-refractivity contribution in [3.8, 4) is 0 Å². The van der Waals surface area contributed by atoms with Gasteiger partial charge in [0.2, 0.25) is 0 Å². The number of non-ortho nitro benzene ring substituents is 1. The molecule has 4 rings (SSSR count). The summed E-state index contributed by atoms with van der Waals surface area (Å²) in [5.74, 6) is -1.64. The molecule has 0 unspecified atom stereocenters. The number of nitro benzene ring substituents is 1. The minimum absolute atomic E-state index is 0.00720. The number of furan rings is 1. The molecule has 0 saturated heterocycles. The van der Waals surface area contributed by atoms with Crippen molar-refractivity contribution in [2.24, 2.45) is 0 Å². The lowest BCUT2D eigenvalue weighted by molar-refractivity contribution is -0.384. The Labute approximate surface area is 166 Å². The molecular formula is C19H11F2N3O4S. The fourth-order valence-corrected chi connectivity index (χ4v) is 3.73. The van der Waals surface area contributed by atoms with Gasteiger partial charge >= 0.3 is 0 Å². The highest BCUT2D eigenvalue weighted by Gasteiger charge is 2.24. The van der Waals surface area contributed by atoms with E-state index >= 15 is 0 Å². The number of carbonyl (C=O) groups excluding carboxylic acids is 1. The van der Waals surface area contributed by atoms with Crippen LogP contribution in [-0.2, 0) is 6.54 Å². The molecule has 29 heavy (non-hydrogen) atoms. The van der Waals surface area contributed by atoms with Crippen molar-refractivity contribution in [2.75, 3.05) is 4.90 Å². The lowest BCUT2D eigenvalue weighted by Gasteiger charge is -2.18. The zero-order chi connectivity index (χ0) is 20.5. The number of halogens is 2. The van der Waals surface area contributed by atoms with Gasteiger partial charge in [-0.3, -0.25) is 19.8 Å². The summed E-state index contributed by atoms with van der Waals surface area (Å²) in [6.45, 7) is -0.00720. The van der Waals surface area contributed by atoms with Crippen molar-refractivity contribution in [2.45, 2.75) is 6.54 Å². The van der Waals surface area contributed by atoms with E-state index in [1.165, 1.54) is 35.4 Å². The molecule has 0 bridgehead atoms. The molecule has 0 radical (unpaired) electrons. The summed E-state index contributed by atoms with van der Waals surface area (Å²) in [4.78, 5) is 28.8. The number of nitrogens with zero attached hydrogens (tertiary/aromatic N) is 3. The van der Waals surface area contributed by atoms with Crippen LogP contribution in [0.3, 0.4) is 0 Å². The first-order chi connectivity index (χ1) is 13.9. The van der Waals surface area contributed by atoms with Gasteiger partial charge in [-0.15, -0.1) is 0 Å². The van der Waals surface area contributed by atoms with E-state index in [0.717, 1.165) is 23.5 Å². The molecule has 2 aromatic carbocycles. The average Bonchev–Trinajstić information content (AvgIpc) is 3.35. The quantitative estimate of drug-likeness (QED) is 0.341. The second kappa shape index (κ2) is 7.40. The fraction of sp³-hybridized carbons (Fsp3) is 0.0526. The fourth-order valence-electron chi connectivity index (χ4n) is 2.73. The summed E-state index contributed by atoms with van der Waals surface area (Å²) in [7, 11) is 0. The molecule has 0 aliphatic rings. The van der Waals surface area contributed by atoms with Gasteiger partial charge < -0.3 is 4.42 Å². The molecule has 0 atom stereocenters. The standard InChI is InChI=1S/C19H11F2N3O4S/c20-12-8-15(21)17-16(9-12)29-19(22-17)23(10-14-2-1-7-28-14)18(25)11-3-5-13(6-4-11)24(26)27/h1-9H,10H2. The predicted molar refractivity (Wildman–Crippen MR) is 102 cm³/mol. The van der Waals surface area contributed by atoms with Crippen LogP contribution in [0.4, 0.5) is 19.6 Å². The van der Waals surface area contributed by atoms with Crippen molar-refractivity contribution >= 4 is 38.3 Å². The van der Waals surface area contributed by atoms with E-state index in [-0.39, 0.29) is 33.1 Å². The van der Waals surface area contributed by atoms with Crippen LogP contribution in [-0.4, -0.2) is 15.8 Å². The Bertz CT molecular complexity index is 1210. The van der Waals surface area contributed by atoms with E-state index in [9.17, 15) is 23.7 Å². The van der Waals surface area contributed by atoms with Gasteiger partial charge in [0.15, 0.2) is 10.9 Å². The Kier molecular flexibility index (Phi) is 4.77. The second-order valence-corrected chi connectivity index (χ2v) is 7.01. The van der Waals surface area contributed by atoms with E-state index in [2.05, 4.69) is 4.98 Å². The maximum Gasteiger partial charge on any atom is 0.269 e. The number of thiazole rings is 1. The third-order valence-electron chi connectivity index (χ3n) is 4.10. The third kappa shape index (κ3) is 3.69. The third-order valence-corrected chi connectivity index (χ3v) is 5.12. The highest BCUT2D eigenvalue weighted by Crippen LogP contribution is 2.33. The van der Waals surface area contributed by atoms with Gasteiger partial charge in [0.25, 0.3) is 11.6 Å². The zero-order valence-corrected chi connectivity index (χ0v) is 15.4. The van der Waals surface area contributed by atoms with Crippen molar-refractivity contribution in [1.29, 1.82) is 0 Å². The van der Waals surface area contributed by atoms with Gasteiger partial charge in [0.1, 0.15) is 17.1 Å². The number of hydrogen-bond donors (Lipinski definition) is 0. The molecule has 0 spiro atoms. The molecule has 146 valence electrons. The van der Waals surface area contributed by atoms with Crippen molar-refractivity contribution in [1.82, 2.24) is 4.98 Å². The SMILES string of the molecule is O=C(c1ccc([N+](=O)[O-])cc1)N(Cc1ccco1)c1nc2c(F)cc(F)cc2s1. The highest BCUT2D eigenvalue weighted by atomic mass is 32.1. The normalized spacial score (nSPS) is 11.0. The number of fused-ring (bicyclic) bond motifs is 1. The van der Waals surface area contributed by atoms with Gasteiger partial charge in [-0.25, -0.2) is 13.8 Å². The summed E-state index contributed by atoms with van der Waals surface area (Å²) in [5, 5.41) is 11.0. The average molecular weight is 415 g/mol. The van der Waals surface area contributed by atoms with Crippen LogP contribution >= 0.6 is 11.3 Å². The Morgan fingerprint density at radius 3 is 2.62 bits per heavy atom. The van der Waals surface area contributed by atoms with Crippen LogP contribution in [0.5, 0.6) is 0 Å². The first-order valence-electron chi connectivity index (χ1n) is 8.26. The first-order valence-corrected chi connectivity index (χ1v) is 9.08. The number of nitro groups is 1. The second-order valence-electron chi connectivity index (χ2n) is 6.01. The van der Waals surface area contributed by atoms with Crippen LogP contribution in [0.2, 0.25) is 0 Å². The molecule has 2 heterocycles. The first kappa shape index (κ1) is 18.7. The maximum atomic E-state index is 14.1. The van der Waals surface area contributed by atoms with E-state index < -0.39 is 22.5 Å². The molecule has 4 aromatic rings.